The third-order valence-electron chi connectivity index (χ3n) is 4.70. The van der Waals surface area contributed by atoms with Crippen LogP contribution in [0.4, 0.5) is 5.69 Å². The normalized spacial score (nSPS) is 15.1. The number of rotatable bonds is 3. The zero-order valence-corrected chi connectivity index (χ0v) is 14.1. The molecule has 3 heterocycles. The molecule has 3 rings (SSSR count). The van der Waals surface area contributed by atoms with Crippen molar-refractivity contribution in [2.45, 2.75) is 27.3 Å². The summed E-state index contributed by atoms with van der Waals surface area (Å²) in [4.78, 5) is 21.2. The van der Waals surface area contributed by atoms with Gasteiger partial charge in [0.15, 0.2) is 0 Å². The average Bonchev–Trinajstić information content (AvgIpc) is 2.89. The van der Waals surface area contributed by atoms with Crippen LogP contribution in [-0.2, 0) is 6.54 Å². The SMILES string of the molecule is CCn1c(C)cc(C(=O)N2CCN(c3cccnc3)CC2)c1C. The number of nitrogens with zero attached hydrogens (tertiary/aromatic N) is 4. The third-order valence-corrected chi connectivity index (χ3v) is 4.70. The van der Waals surface area contributed by atoms with Gasteiger partial charge in [0.1, 0.15) is 0 Å². The van der Waals surface area contributed by atoms with E-state index >= 15 is 0 Å². The predicted octanol–water partition coefficient (Wildman–Crippen LogP) is 2.48. The van der Waals surface area contributed by atoms with E-state index in [1.54, 1.807) is 6.20 Å². The highest BCUT2D eigenvalue weighted by molar-refractivity contribution is 5.96. The molecule has 2 aromatic heterocycles. The minimum Gasteiger partial charge on any atom is -0.367 e. The molecule has 0 saturated carbocycles. The lowest BCUT2D eigenvalue weighted by Gasteiger charge is -2.36. The summed E-state index contributed by atoms with van der Waals surface area (Å²) >= 11 is 0. The van der Waals surface area contributed by atoms with Crippen molar-refractivity contribution in [1.82, 2.24) is 14.5 Å². The number of anilines is 1. The number of hydrogen-bond donors (Lipinski definition) is 0. The first-order valence-corrected chi connectivity index (χ1v) is 8.22. The van der Waals surface area contributed by atoms with Gasteiger partial charge in [0, 0.05) is 50.3 Å². The maximum Gasteiger partial charge on any atom is 0.255 e. The van der Waals surface area contributed by atoms with Crippen molar-refractivity contribution < 1.29 is 4.79 Å². The van der Waals surface area contributed by atoms with Gasteiger partial charge in [-0.3, -0.25) is 9.78 Å². The van der Waals surface area contributed by atoms with Crippen LogP contribution in [0, 0.1) is 13.8 Å². The maximum absolute atomic E-state index is 12.8. The molecule has 0 atom stereocenters. The van der Waals surface area contributed by atoms with Gasteiger partial charge in [-0.25, -0.2) is 0 Å². The Morgan fingerprint density at radius 2 is 1.96 bits per heavy atom. The lowest BCUT2D eigenvalue weighted by molar-refractivity contribution is 0.0746. The van der Waals surface area contributed by atoms with E-state index in [1.165, 1.54) is 0 Å². The van der Waals surface area contributed by atoms with Crippen molar-refractivity contribution in [2.75, 3.05) is 31.1 Å². The van der Waals surface area contributed by atoms with Crippen molar-refractivity contribution in [3.8, 4) is 0 Å². The summed E-state index contributed by atoms with van der Waals surface area (Å²) in [6.45, 7) is 10.3. The van der Waals surface area contributed by atoms with Gasteiger partial charge < -0.3 is 14.4 Å². The van der Waals surface area contributed by atoms with Crippen LogP contribution >= 0.6 is 0 Å². The van der Waals surface area contributed by atoms with Crippen LogP contribution in [0.3, 0.4) is 0 Å². The third kappa shape index (κ3) is 2.96. The van der Waals surface area contributed by atoms with Crippen LogP contribution < -0.4 is 4.90 Å². The van der Waals surface area contributed by atoms with Crippen LogP contribution in [0.2, 0.25) is 0 Å². The lowest BCUT2D eigenvalue weighted by Crippen LogP contribution is -2.48. The first kappa shape index (κ1) is 15.6. The van der Waals surface area contributed by atoms with E-state index in [1.807, 2.05) is 30.2 Å². The summed E-state index contributed by atoms with van der Waals surface area (Å²) < 4.78 is 2.19. The topological polar surface area (TPSA) is 41.4 Å². The second-order valence-corrected chi connectivity index (χ2v) is 6.02. The summed E-state index contributed by atoms with van der Waals surface area (Å²) in [7, 11) is 0. The highest BCUT2D eigenvalue weighted by Gasteiger charge is 2.25. The molecule has 0 aromatic carbocycles. The van der Waals surface area contributed by atoms with Gasteiger partial charge in [-0.05, 0) is 39.0 Å². The number of amides is 1. The molecule has 0 spiro atoms. The van der Waals surface area contributed by atoms with E-state index in [2.05, 4.69) is 34.4 Å². The Hall–Kier alpha value is -2.30. The number of carbonyl (C=O) groups excluding carboxylic acids is 1. The Balaban J connectivity index is 1.69. The van der Waals surface area contributed by atoms with Gasteiger partial charge in [-0.1, -0.05) is 0 Å². The number of piperazine rings is 1. The molecule has 1 saturated heterocycles. The van der Waals surface area contributed by atoms with Gasteiger partial charge in [-0.2, -0.15) is 0 Å². The molecule has 0 aliphatic carbocycles. The zero-order valence-electron chi connectivity index (χ0n) is 14.1. The smallest absolute Gasteiger partial charge is 0.255 e. The van der Waals surface area contributed by atoms with Gasteiger partial charge >= 0.3 is 0 Å². The Morgan fingerprint density at radius 1 is 1.22 bits per heavy atom. The fourth-order valence-corrected chi connectivity index (χ4v) is 3.38. The molecule has 1 aliphatic rings. The molecule has 0 radical (unpaired) electrons. The minimum absolute atomic E-state index is 0.156. The molecule has 0 unspecified atom stereocenters. The minimum atomic E-state index is 0.156. The Labute approximate surface area is 137 Å². The number of carbonyl (C=O) groups is 1. The Morgan fingerprint density at radius 3 is 2.52 bits per heavy atom. The molecule has 1 amide bonds. The molecular weight excluding hydrogens is 288 g/mol. The molecule has 0 N–H and O–H groups in total. The van der Waals surface area contributed by atoms with Crippen LogP contribution in [-0.4, -0.2) is 46.5 Å². The van der Waals surface area contributed by atoms with Crippen molar-refractivity contribution in [3.05, 3.63) is 47.5 Å². The first-order valence-electron chi connectivity index (χ1n) is 8.22. The molecule has 0 bridgehead atoms. The molecule has 5 nitrogen and oxygen atoms in total. The van der Waals surface area contributed by atoms with Crippen LogP contribution in [0.5, 0.6) is 0 Å². The molecule has 2 aromatic rings. The molecule has 1 aliphatic heterocycles. The lowest BCUT2D eigenvalue weighted by atomic mass is 10.2. The van der Waals surface area contributed by atoms with E-state index in [4.69, 9.17) is 0 Å². The molecule has 122 valence electrons. The fraction of sp³-hybridized carbons (Fsp3) is 0.444. The largest absolute Gasteiger partial charge is 0.367 e. The highest BCUT2D eigenvalue weighted by Crippen LogP contribution is 2.19. The monoisotopic (exact) mass is 312 g/mol. The van der Waals surface area contributed by atoms with E-state index in [0.717, 1.165) is 55.4 Å². The van der Waals surface area contributed by atoms with E-state index in [9.17, 15) is 4.79 Å². The molecule has 5 heteroatoms. The second kappa shape index (κ2) is 6.44. The fourth-order valence-electron chi connectivity index (χ4n) is 3.38. The Bertz CT molecular complexity index is 685. The zero-order chi connectivity index (χ0) is 16.4. The number of aryl methyl sites for hydroxylation is 1. The quantitative estimate of drug-likeness (QED) is 0.874. The van der Waals surface area contributed by atoms with Gasteiger partial charge in [0.2, 0.25) is 0 Å². The number of hydrogen-bond acceptors (Lipinski definition) is 3. The average molecular weight is 312 g/mol. The Kier molecular flexibility index (Phi) is 4.37. The van der Waals surface area contributed by atoms with E-state index in [0.29, 0.717) is 0 Å². The van der Waals surface area contributed by atoms with Crippen molar-refractivity contribution in [3.63, 3.8) is 0 Å². The molecule has 1 fully saturated rings. The second-order valence-electron chi connectivity index (χ2n) is 6.02. The van der Waals surface area contributed by atoms with Gasteiger partial charge in [0.25, 0.3) is 5.91 Å². The molecule has 23 heavy (non-hydrogen) atoms. The van der Waals surface area contributed by atoms with Gasteiger partial charge in [-0.15, -0.1) is 0 Å². The summed E-state index contributed by atoms with van der Waals surface area (Å²) in [6.07, 6.45) is 3.67. The van der Waals surface area contributed by atoms with Crippen molar-refractivity contribution in [1.29, 1.82) is 0 Å². The summed E-state index contributed by atoms with van der Waals surface area (Å²) in [5.41, 5.74) is 4.20. The van der Waals surface area contributed by atoms with E-state index in [-0.39, 0.29) is 5.91 Å². The van der Waals surface area contributed by atoms with Gasteiger partial charge in [0.05, 0.1) is 17.4 Å². The van der Waals surface area contributed by atoms with Crippen molar-refractivity contribution >= 4 is 11.6 Å². The maximum atomic E-state index is 12.8. The summed E-state index contributed by atoms with van der Waals surface area (Å²) in [6, 6.07) is 6.04. The highest BCUT2D eigenvalue weighted by atomic mass is 16.2. The first-order chi connectivity index (χ1) is 11.1. The standard InChI is InChI=1S/C18H24N4O/c1-4-22-14(2)12-17(15(22)3)18(23)21-10-8-20(9-11-21)16-6-5-7-19-13-16/h5-7,12-13H,4,8-11H2,1-3H3. The van der Waals surface area contributed by atoms with Crippen LogP contribution in [0.15, 0.2) is 30.6 Å². The van der Waals surface area contributed by atoms with Crippen LogP contribution in [0.1, 0.15) is 28.7 Å². The summed E-state index contributed by atoms with van der Waals surface area (Å²) in [5.74, 6) is 0.156. The van der Waals surface area contributed by atoms with Crippen LogP contribution in [0.25, 0.3) is 0 Å². The number of pyridine rings is 1. The van der Waals surface area contributed by atoms with E-state index < -0.39 is 0 Å². The summed E-state index contributed by atoms with van der Waals surface area (Å²) in [5, 5.41) is 0. The number of aromatic nitrogens is 2. The predicted molar refractivity (Wildman–Crippen MR) is 91.9 cm³/mol. The molecular formula is C18H24N4O. The van der Waals surface area contributed by atoms with Crippen molar-refractivity contribution in [2.24, 2.45) is 0 Å².